The van der Waals surface area contributed by atoms with Gasteiger partial charge in [0, 0.05) is 24.8 Å². The van der Waals surface area contributed by atoms with Crippen molar-refractivity contribution in [2.45, 2.75) is 31.9 Å². The molecule has 0 radical (unpaired) electrons. The van der Waals surface area contributed by atoms with Gasteiger partial charge in [0.2, 0.25) is 0 Å². The van der Waals surface area contributed by atoms with Crippen molar-refractivity contribution in [1.82, 2.24) is 5.32 Å². The molecule has 2 atom stereocenters. The molecule has 23 heavy (non-hydrogen) atoms. The van der Waals surface area contributed by atoms with E-state index in [0.29, 0.717) is 19.8 Å². The SMILES string of the molecule is Cc1cc(F)ccc1N1CCC[C@@H](NC(=O)[C@H]2COCCO2)C1. The Hall–Kier alpha value is -1.66. The zero-order valence-corrected chi connectivity index (χ0v) is 13.4. The molecule has 1 aromatic carbocycles. The summed E-state index contributed by atoms with van der Waals surface area (Å²) < 4.78 is 24.0. The summed E-state index contributed by atoms with van der Waals surface area (Å²) in [5.41, 5.74) is 1.95. The van der Waals surface area contributed by atoms with E-state index in [-0.39, 0.29) is 17.8 Å². The van der Waals surface area contributed by atoms with Crippen molar-refractivity contribution in [2.75, 3.05) is 37.8 Å². The van der Waals surface area contributed by atoms with Crippen molar-refractivity contribution in [3.05, 3.63) is 29.6 Å². The number of piperidine rings is 1. The first-order valence-corrected chi connectivity index (χ1v) is 8.14. The van der Waals surface area contributed by atoms with E-state index < -0.39 is 6.10 Å². The number of carbonyl (C=O) groups excluding carboxylic acids is 1. The lowest BCUT2D eigenvalue weighted by Crippen LogP contribution is -2.52. The highest BCUT2D eigenvalue weighted by atomic mass is 19.1. The third-order valence-corrected chi connectivity index (χ3v) is 4.38. The number of halogens is 1. The van der Waals surface area contributed by atoms with Crippen LogP contribution in [0.2, 0.25) is 0 Å². The predicted octanol–water partition coefficient (Wildman–Crippen LogP) is 1.63. The molecule has 126 valence electrons. The van der Waals surface area contributed by atoms with Crippen LogP contribution in [-0.2, 0) is 14.3 Å². The van der Waals surface area contributed by atoms with E-state index in [9.17, 15) is 9.18 Å². The van der Waals surface area contributed by atoms with Crippen LogP contribution >= 0.6 is 0 Å². The molecule has 2 aliphatic rings. The minimum Gasteiger partial charge on any atom is -0.376 e. The smallest absolute Gasteiger partial charge is 0.251 e. The maximum absolute atomic E-state index is 13.3. The van der Waals surface area contributed by atoms with Gasteiger partial charge in [-0.2, -0.15) is 0 Å². The number of hydrogen-bond acceptors (Lipinski definition) is 4. The van der Waals surface area contributed by atoms with E-state index >= 15 is 0 Å². The Morgan fingerprint density at radius 2 is 2.26 bits per heavy atom. The van der Waals surface area contributed by atoms with Gasteiger partial charge < -0.3 is 19.7 Å². The number of nitrogens with zero attached hydrogens (tertiary/aromatic N) is 1. The highest BCUT2D eigenvalue weighted by Gasteiger charge is 2.27. The number of aryl methyl sites for hydroxylation is 1. The van der Waals surface area contributed by atoms with Gasteiger partial charge in [-0.15, -0.1) is 0 Å². The first-order valence-electron chi connectivity index (χ1n) is 8.14. The Balaban J connectivity index is 1.60. The molecule has 0 unspecified atom stereocenters. The van der Waals surface area contributed by atoms with Crippen LogP contribution in [0, 0.1) is 12.7 Å². The Morgan fingerprint density at radius 1 is 1.39 bits per heavy atom. The largest absolute Gasteiger partial charge is 0.376 e. The number of rotatable bonds is 3. The minimum absolute atomic E-state index is 0.0752. The van der Waals surface area contributed by atoms with E-state index in [2.05, 4.69) is 10.2 Å². The summed E-state index contributed by atoms with van der Waals surface area (Å²) >= 11 is 0. The fourth-order valence-corrected chi connectivity index (χ4v) is 3.22. The quantitative estimate of drug-likeness (QED) is 0.919. The Bertz CT molecular complexity index is 561. The average Bonchev–Trinajstić information content (AvgIpc) is 2.56. The second-order valence-corrected chi connectivity index (χ2v) is 6.16. The summed E-state index contributed by atoms with van der Waals surface area (Å²) in [6.45, 7) is 4.88. The van der Waals surface area contributed by atoms with Crippen LogP contribution in [0.1, 0.15) is 18.4 Å². The van der Waals surface area contributed by atoms with Crippen LogP contribution in [0.25, 0.3) is 0 Å². The van der Waals surface area contributed by atoms with Crippen LogP contribution < -0.4 is 10.2 Å². The van der Waals surface area contributed by atoms with E-state index in [1.807, 2.05) is 13.0 Å². The molecule has 0 spiro atoms. The first-order chi connectivity index (χ1) is 11.1. The van der Waals surface area contributed by atoms with Gasteiger partial charge in [0.05, 0.1) is 19.8 Å². The zero-order chi connectivity index (χ0) is 16.2. The van der Waals surface area contributed by atoms with Crippen LogP contribution in [0.5, 0.6) is 0 Å². The highest BCUT2D eigenvalue weighted by Crippen LogP contribution is 2.24. The molecule has 3 rings (SSSR count). The molecule has 1 aromatic rings. The molecule has 2 fully saturated rings. The zero-order valence-electron chi connectivity index (χ0n) is 13.4. The number of amides is 1. The van der Waals surface area contributed by atoms with Crippen molar-refractivity contribution in [1.29, 1.82) is 0 Å². The summed E-state index contributed by atoms with van der Waals surface area (Å²) in [6, 6.07) is 4.92. The topological polar surface area (TPSA) is 50.8 Å². The van der Waals surface area contributed by atoms with Crippen LogP contribution in [0.4, 0.5) is 10.1 Å². The summed E-state index contributed by atoms with van der Waals surface area (Å²) in [4.78, 5) is 14.4. The molecular formula is C17H23FN2O3. The fourth-order valence-electron chi connectivity index (χ4n) is 3.22. The lowest BCUT2D eigenvalue weighted by molar-refractivity contribution is -0.148. The van der Waals surface area contributed by atoms with Crippen LogP contribution in [0.3, 0.4) is 0 Å². The predicted molar refractivity (Wildman–Crippen MR) is 85.1 cm³/mol. The lowest BCUT2D eigenvalue weighted by atomic mass is 10.0. The molecule has 0 aliphatic carbocycles. The number of ether oxygens (including phenoxy) is 2. The maximum atomic E-state index is 13.3. The molecule has 0 bridgehead atoms. The van der Waals surface area contributed by atoms with Gasteiger partial charge in [0.25, 0.3) is 5.91 Å². The molecule has 2 heterocycles. The van der Waals surface area contributed by atoms with Crippen molar-refractivity contribution in [3.8, 4) is 0 Å². The summed E-state index contributed by atoms with van der Waals surface area (Å²) in [5.74, 6) is -0.324. The Kier molecular flexibility index (Phi) is 5.13. The van der Waals surface area contributed by atoms with Gasteiger partial charge >= 0.3 is 0 Å². The van der Waals surface area contributed by atoms with Gasteiger partial charge in [-0.05, 0) is 43.5 Å². The van der Waals surface area contributed by atoms with E-state index in [4.69, 9.17) is 9.47 Å². The number of benzene rings is 1. The normalized spacial score (nSPS) is 25.2. The highest BCUT2D eigenvalue weighted by molar-refractivity contribution is 5.81. The van der Waals surface area contributed by atoms with Crippen LogP contribution in [0.15, 0.2) is 18.2 Å². The summed E-state index contributed by atoms with van der Waals surface area (Å²) in [5, 5.41) is 3.06. The van der Waals surface area contributed by atoms with Gasteiger partial charge in [0.15, 0.2) is 6.10 Å². The number of carbonyl (C=O) groups is 1. The molecular weight excluding hydrogens is 299 g/mol. The van der Waals surface area contributed by atoms with Crippen LogP contribution in [-0.4, -0.2) is 51.0 Å². The molecule has 0 aromatic heterocycles. The van der Waals surface area contributed by atoms with Gasteiger partial charge in [0.1, 0.15) is 5.82 Å². The second kappa shape index (κ2) is 7.27. The molecule has 1 amide bonds. The van der Waals surface area contributed by atoms with Gasteiger partial charge in [-0.25, -0.2) is 4.39 Å². The average molecular weight is 322 g/mol. The number of anilines is 1. The summed E-state index contributed by atoms with van der Waals surface area (Å²) in [7, 11) is 0. The van der Waals surface area contributed by atoms with Crippen molar-refractivity contribution < 1.29 is 18.7 Å². The molecule has 6 heteroatoms. The van der Waals surface area contributed by atoms with E-state index in [1.54, 1.807) is 6.07 Å². The monoisotopic (exact) mass is 322 g/mol. The minimum atomic E-state index is -0.508. The van der Waals surface area contributed by atoms with Crippen molar-refractivity contribution in [3.63, 3.8) is 0 Å². The van der Waals surface area contributed by atoms with E-state index in [0.717, 1.165) is 37.2 Å². The molecule has 1 N–H and O–H groups in total. The third-order valence-electron chi connectivity index (χ3n) is 4.38. The van der Waals surface area contributed by atoms with Crippen molar-refractivity contribution >= 4 is 11.6 Å². The molecule has 2 aliphatic heterocycles. The fraction of sp³-hybridized carbons (Fsp3) is 0.588. The first kappa shape index (κ1) is 16.2. The molecule has 2 saturated heterocycles. The summed E-state index contributed by atoms with van der Waals surface area (Å²) in [6.07, 6.45) is 1.42. The maximum Gasteiger partial charge on any atom is 0.251 e. The standard InChI is InChI=1S/C17H23FN2O3/c1-12-9-13(18)4-5-15(12)20-6-2-3-14(10-20)19-17(21)16-11-22-7-8-23-16/h4-5,9,14,16H,2-3,6-8,10-11H2,1H3,(H,19,21)/t14-,16-/m1/s1. The Labute approximate surface area is 135 Å². The molecule has 5 nitrogen and oxygen atoms in total. The number of hydrogen-bond donors (Lipinski definition) is 1. The third kappa shape index (κ3) is 4.00. The second-order valence-electron chi connectivity index (χ2n) is 6.16. The van der Waals surface area contributed by atoms with Crippen molar-refractivity contribution in [2.24, 2.45) is 0 Å². The van der Waals surface area contributed by atoms with Gasteiger partial charge in [-0.1, -0.05) is 0 Å². The van der Waals surface area contributed by atoms with E-state index in [1.165, 1.54) is 6.07 Å². The molecule has 0 saturated carbocycles. The van der Waals surface area contributed by atoms with Gasteiger partial charge in [-0.3, -0.25) is 4.79 Å². The lowest BCUT2D eigenvalue weighted by Gasteiger charge is -2.36. The Morgan fingerprint density at radius 3 is 3.00 bits per heavy atom. The number of nitrogens with one attached hydrogen (secondary N) is 1.